The van der Waals surface area contributed by atoms with E-state index < -0.39 is 24.0 Å². The van der Waals surface area contributed by atoms with Gasteiger partial charge in [-0.1, -0.05) is 30.0 Å². The molecule has 1 unspecified atom stereocenters. The highest BCUT2D eigenvalue weighted by atomic mass is 32.2. The van der Waals surface area contributed by atoms with E-state index in [2.05, 4.69) is 15.6 Å². The van der Waals surface area contributed by atoms with Crippen LogP contribution in [-0.2, 0) is 14.3 Å². The summed E-state index contributed by atoms with van der Waals surface area (Å²) in [6.07, 6.45) is 3.30. The molecule has 2 amide bonds. The number of imidazole rings is 1. The van der Waals surface area contributed by atoms with Crippen molar-refractivity contribution in [2.45, 2.75) is 25.0 Å². The summed E-state index contributed by atoms with van der Waals surface area (Å²) in [5.41, 5.74) is 1.40. The summed E-state index contributed by atoms with van der Waals surface area (Å²) in [7, 11) is 0. The number of benzene rings is 1. The van der Waals surface area contributed by atoms with Crippen molar-refractivity contribution in [1.82, 2.24) is 20.2 Å². The van der Waals surface area contributed by atoms with Crippen LogP contribution in [0.4, 0.5) is 4.79 Å². The molecule has 0 fully saturated rings. The molecule has 1 aromatic heterocycles. The maximum absolute atomic E-state index is 12.8. The lowest BCUT2D eigenvalue weighted by Crippen LogP contribution is -2.50. The third-order valence-electron chi connectivity index (χ3n) is 4.35. The Labute approximate surface area is 177 Å². The van der Waals surface area contributed by atoms with Crippen LogP contribution in [0.5, 0.6) is 0 Å². The maximum Gasteiger partial charge on any atom is 0.357 e. The smallest absolute Gasteiger partial charge is 0.357 e. The van der Waals surface area contributed by atoms with Crippen LogP contribution in [0.15, 0.2) is 53.0 Å². The molecule has 1 atom stereocenters. The van der Waals surface area contributed by atoms with Gasteiger partial charge in [0.1, 0.15) is 6.61 Å². The molecule has 0 radical (unpaired) electrons. The third-order valence-corrected chi connectivity index (χ3v) is 5.00. The zero-order valence-corrected chi connectivity index (χ0v) is 17.6. The van der Waals surface area contributed by atoms with Gasteiger partial charge in [0.15, 0.2) is 10.9 Å². The van der Waals surface area contributed by atoms with E-state index in [4.69, 9.17) is 9.47 Å². The average Bonchev–Trinajstić information content (AvgIpc) is 3.16. The first kappa shape index (κ1) is 21.4. The van der Waals surface area contributed by atoms with Crippen molar-refractivity contribution in [2.75, 3.05) is 19.5 Å². The van der Waals surface area contributed by atoms with E-state index in [0.717, 1.165) is 5.69 Å². The van der Waals surface area contributed by atoms with E-state index in [1.54, 1.807) is 18.4 Å². The molecule has 0 spiro atoms. The van der Waals surface area contributed by atoms with Gasteiger partial charge in [-0.25, -0.2) is 19.4 Å². The number of ether oxygens (including phenoxy) is 2. The quantitative estimate of drug-likeness (QED) is 0.512. The zero-order chi connectivity index (χ0) is 21.7. The first-order chi connectivity index (χ1) is 14.5. The molecule has 0 bridgehead atoms. The van der Waals surface area contributed by atoms with Crippen LogP contribution in [0.3, 0.4) is 0 Å². The van der Waals surface area contributed by atoms with Crippen LogP contribution in [0.25, 0.3) is 5.69 Å². The first-order valence-electron chi connectivity index (χ1n) is 9.28. The molecular weight excluding hydrogens is 408 g/mol. The summed E-state index contributed by atoms with van der Waals surface area (Å²) in [6, 6.07) is 8.24. The molecule has 30 heavy (non-hydrogen) atoms. The van der Waals surface area contributed by atoms with Gasteiger partial charge in [-0.2, -0.15) is 0 Å². The standard InChI is InChI=1S/C20H22N4O5S/c1-4-28-18(26)16-12(2)22-19(27)23-14(16)11-29-17(25)15-10-21-20(30-3)24(15)13-8-6-5-7-9-13/h5-10,12H,4,11H2,1-3H3,(H2,22,23,27). The van der Waals surface area contributed by atoms with E-state index in [1.165, 1.54) is 18.0 Å². The van der Waals surface area contributed by atoms with Gasteiger partial charge >= 0.3 is 18.0 Å². The van der Waals surface area contributed by atoms with Crippen LogP contribution in [0.1, 0.15) is 24.3 Å². The largest absolute Gasteiger partial charge is 0.463 e. The predicted molar refractivity (Wildman–Crippen MR) is 110 cm³/mol. The number of hydrogen-bond acceptors (Lipinski definition) is 7. The van der Waals surface area contributed by atoms with Gasteiger partial charge in [0.2, 0.25) is 0 Å². The Bertz CT molecular complexity index is 986. The number of hydrogen-bond donors (Lipinski definition) is 2. The molecule has 1 aliphatic heterocycles. The van der Waals surface area contributed by atoms with Crippen LogP contribution in [-0.4, -0.2) is 53.0 Å². The molecule has 2 heterocycles. The highest BCUT2D eigenvalue weighted by molar-refractivity contribution is 7.98. The third kappa shape index (κ3) is 4.48. The van der Waals surface area contributed by atoms with Gasteiger partial charge in [-0.05, 0) is 32.2 Å². The van der Waals surface area contributed by atoms with E-state index in [0.29, 0.717) is 5.16 Å². The molecule has 0 saturated heterocycles. The number of urea groups is 1. The zero-order valence-electron chi connectivity index (χ0n) is 16.8. The highest BCUT2D eigenvalue weighted by Gasteiger charge is 2.30. The normalized spacial score (nSPS) is 16.0. The summed E-state index contributed by atoms with van der Waals surface area (Å²) < 4.78 is 12.2. The van der Waals surface area contributed by atoms with Crippen molar-refractivity contribution in [3.63, 3.8) is 0 Å². The van der Waals surface area contributed by atoms with Crippen molar-refractivity contribution in [3.05, 3.63) is 53.5 Å². The molecule has 2 aromatic rings. The lowest BCUT2D eigenvalue weighted by atomic mass is 10.0. The second-order valence-corrected chi connectivity index (χ2v) is 7.08. The van der Waals surface area contributed by atoms with Crippen LogP contribution in [0, 0.1) is 0 Å². The molecular formula is C20H22N4O5S. The number of thioether (sulfide) groups is 1. The van der Waals surface area contributed by atoms with Gasteiger partial charge in [0.05, 0.1) is 30.1 Å². The van der Waals surface area contributed by atoms with Crippen LogP contribution in [0.2, 0.25) is 0 Å². The van der Waals surface area contributed by atoms with Crippen molar-refractivity contribution in [1.29, 1.82) is 0 Å². The molecule has 158 valence electrons. The summed E-state index contributed by atoms with van der Waals surface area (Å²) in [5.74, 6) is -1.22. The molecule has 10 heteroatoms. The number of nitrogens with zero attached hydrogens (tertiary/aromatic N) is 2. The Hall–Kier alpha value is -3.27. The Kier molecular flexibility index (Phi) is 6.78. The SMILES string of the molecule is CCOC(=O)C1=C(COC(=O)c2cnc(SC)n2-c2ccccc2)NC(=O)NC1C. The second kappa shape index (κ2) is 9.49. The lowest BCUT2D eigenvalue weighted by Gasteiger charge is -2.26. The Morgan fingerprint density at radius 3 is 2.60 bits per heavy atom. The minimum Gasteiger partial charge on any atom is -0.463 e. The highest BCUT2D eigenvalue weighted by Crippen LogP contribution is 2.22. The molecule has 9 nitrogen and oxygen atoms in total. The van der Waals surface area contributed by atoms with E-state index in [1.807, 2.05) is 36.6 Å². The second-order valence-electron chi connectivity index (χ2n) is 6.31. The Balaban J connectivity index is 1.86. The fourth-order valence-corrected chi connectivity index (χ4v) is 3.60. The predicted octanol–water partition coefficient (Wildman–Crippen LogP) is 2.27. The topological polar surface area (TPSA) is 112 Å². The number of amides is 2. The monoisotopic (exact) mass is 430 g/mol. The molecule has 0 saturated carbocycles. The van der Waals surface area contributed by atoms with Gasteiger partial charge < -0.3 is 20.1 Å². The van der Waals surface area contributed by atoms with Crippen molar-refractivity contribution in [3.8, 4) is 5.69 Å². The molecule has 1 aromatic carbocycles. The number of para-hydroxylation sites is 1. The number of carbonyl (C=O) groups excluding carboxylic acids is 3. The van der Waals surface area contributed by atoms with Gasteiger partial charge in [0.25, 0.3) is 0 Å². The van der Waals surface area contributed by atoms with Crippen LogP contribution >= 0.6 is 11.8 Å². The van der Waals surface area contributed by atoms with E-state index >= 15 is 0 Å². The van der Waals surface area contributed by atoms with Crippen molar-refractivity contribution >= 4 is 29.7 Å². The van der Waals surface area contributed by atoms with Gasteiger partial charge in [-0.15, -0.1) is 0 Å². The average molecular weight is 430 g/mol. The minimum absolute atomic E-state index is 0.184. The summed E-state index contributed by atoms with van der Waals surface area (Å²) in [4.78, 5) is 41.2. The Morgan fingerprint density at radius 2 is 1.93 bits per heavy atom. The van der Waals surface area contributed by atoms with Crippen molar-refractivity contribution in [2.24, 2.45) is 0 Å². The van der Waals surface area contributed by atoms with Crippen molar-refractivity contribution < 1.29 is 23.9 Å². The number of rotatable bonds is 7. The number of aromatic nitrogens is 2. The van der Waals surface area contributed by atoms with Gasteiger partial charge in [0, 0.05) is 5.69 Å². The number of carbonyl (C=O) groups is 3. The molecule has 1 aliphatic rings. The molecule has 3 rings (SSSR count). The van der Waals surface area contributed by atoms with Gasteiger partial charge in [-0.3, -0.25) is 4.57 Å². The lowest BCUT2D eigenvalue weighted by molar-refractivity contribution is -0.139. The number of nitrogens with one attached hydrogen (secondary N) is 2. The van der Waals surface area contributed by atoms with Crippen LogP contribution < -0.4 is 10.6 Å². The fourth-order valence-electron chi connectivity index (χ4n) is 3.05. The first-order valence-corrected chi connectivity index (χ1v) is 10.5. The summed E-state index contributed by atoms with van der Waals surface area (Å²) in [5, 5.41) is 5.75. The minimum atomic E-state index is -0.636. The maximum atomic E-state index is 12.8. The fraction of sp³-hybridized carbons (Fsp3) is 0.300. The summed E-state index contributed by atoms with van der Waals surface area (Å²) >= 11 is 1.39. The van der Waals surface area contributed by atoms with E-state index in [9.17, 15) is 14.4 Å². The molecule has 0 aliphatic carbocycles. The number of esters is 2. The molecule has 2 N–H and O–H groups in total. The summed E-state index contributed by atoms with van der Waals surface area (Å²) in [6.45, 7) is 3.23. The van der Waals surface area contributed by atoms with E-state index in [-0.39, 0.29) is 30.2 Å². The Morgan fingerprint density at radius 1 is 1.20 bits per heavy atom.